The Morgan fingerprint density at radius 3 is 2.34 bits per heavy atom. The van der Waals surface area contributed by atoms with Gasteiger partial charge in [0.1, 0.15) is 5.82 Å². The Hall–Kier alpha value is -2.31. The molecule has 29 heavy (non-hydrogen) atoms. The van der Waals surface area contributed by atoms with E-state index in [1.165, 1.54) is 11.8 Å². The zero-order valence-electron chi connectivity index (χ0n) is 16.9. The van der Waals surface area contributed by atoms with Crippen molar-refractivity contribution in [3.05, 3.63) is 70.0 Å². The van der Waals surface area contributed by atoms with Gasteiger partial charge in [0.05, 0.1) is 5.75 Å². The number of nitrogens with one attached hydrogen (secondary N) is 1. The highest BCUT2D eigenvalue weighted by molar-refractivity contribution is 7.99. The van der Waals surface area contributed by atoms with E-state index in [4.69, 9.17) is 11.6 Å². The first kappa shape index (κ1) is 21.4. The lowest BCUT2D eigenvalue weighted by Crippen LogP contribution is -2.17. The molecule has 3 aromatic rings. The summed E-state index contributed by atoms with van der Waals surface area (Å²) in [4.78, 5) is 12.6. The lowest BCUT2D eigenvalue weighted by atomic mass is 10.0. The predicted molar refractivity (Wildman–Crippen MR) is 120 cm³/mol. The van der Waals surface area contributed by atoms with Crippen LogP contribution in [0.4, 0.5) is 5.69 Å². The van der Waals surface area contributed by atoms with E-state index >= 15 is 0 Å². The van der Waals surface area contributed by atoms with E-state index in [0.717, 1.165) is 46.2 Å². The maximum Gasteiger partial charge on any atom is 0.234 e. The smallest absolute Gasteiger partial charge is 0.234 e. The molecule has 2 aromatic carbocycles. The van der Waals surface area contributed by atoms with Crippen molar-refractivity contribution in [1.29, 1.82) is 0 Å². The molecule has 0 spiro atoms. The van der Waals surface area contributed by atoms with Gasteiger partial charge in [-0.15, -0.1) is 10.2 Å². The van der Waals surface area contributed by atoms with Gasteiger partial charge in [-0.05, 0) is 41.7 Å². The molecule has 7 heteroatoms. The van der Waals surface area contributed by atoms with Crippen LogP contribution in [0.5, 0.6) is 0 Å². The van der Waals surface area contributed by atoms with Gasteiger partial charge in [0, 0.05) is 24.2 Å². The van der Waals surface area contributed by atoms with Crippen LogP contribution in [-0.2, 0) is 31.1 Å². The summed E-state index contributed by atoms with van der Waals surface area (Å²) in [6, 6.07) is 13.9. The quantitative estimate of drug-likeness (QED) is 0.517. The molecule has 0 fully saturated rings. The largest absolute Gasteiger partial charge is 0.325 e. The Labute approximate surface area is 180 Å². The van der Waals surface area contributed by atoms with Crippen LogP contribution in [-0.4, -0.2) is 26.4 Å². The Morgan fingerprint density at radius 2 is 1.72 bits per heavy atom. The number of halogens is 1. The van der Waals surface area contributed by atoms with Gasteiger partial charge in [-0.1, -0.05) is 67.5 Å². The van der Waals surface area contributed by atoms with E-state index in [1.807, 2.05) is 41.9 Å². The van der Waals surface area contributed by atoms with Crippen molar-refractivity contribution in [2.75, 3.05) is 11.1 Å². The number of hydrogen-bond donors (Lipinski definition) is 1. The highest BCUT2D eigenvalue weighted by atomic mass is 35.5. The van der Waals surface area contributed by atoms with Gasteiger partial charge in [-0.2, -0.15) is 0 Å². The fourth-order valence-corrected chi connectivity index (χ4v) is 3.97. The lowest BCUT2D eigenvalue weighted by molar-refractivity contribution is -0.113. The van der Waals surface area contributed by atoms with Crippen LogP contribution in [0.25, 0.3) is 0 Å². The van der Waals surface area contributed by atoms with Crippen LogP contribution >= 0.6 is 23.4 Å². The zero-order chi connectivity index (χ0) is 20.8. The zero-order valence-corrected chi connectivity index (χ0v) is 18.5. The van der Waals surface area contributed by atoms with Gasteiger partial charge in [-0.3, -0.25) is 4.79 Å². The van der Waals surface area contributed by atoms with Crippen molar-refractivity contribution in [2.24, 2.45) is 7.05 Å². The van der Waals surface area contributed by atoms with Gasteiger partial charge < -0.3 is 9.88 Å². The van der Waals surface area contributed by atoms with Crippen LogP contribution in [0.15, 0.2) is 47.6 Å². The number of aryl methyl sites for hydroxylation is 2. The third kappa shape index (κ3) is 5.40. The number of nitrogens with zero attached hydrogens (tertiary/aromatic N) is 3. The molecule has 5 nitrogen and oxygen atoms in total. The third-order valence-electron chi connectivity index (χ3n) is 4.80. The van der Waals surface area contributed by atoms with Gasteiger partial charge in [0.25, 0.3) is 0 Å². The molecule has 1 amide bonds. The number of amides is 1. The highest BCUT2D eigenvalue weighted by Gasteiger charge is 2.14. The number of aromatic nitrogens is 3. The molecule has 1 N–H and O–H groups in total. The topological polar surface area (TPSA) is 59.8 Å². The van der Waals surface area contributed by atoms with Crippen molar-refractivity contribution in [3.63, 3.8) is 0 Å². The molecule has 1 heterocycles. The van der Waals surface area contributed by atoms with Gasteiger partial charge in [0.2, 0.25) is 5.91 Å². The van der Waals surface area contributed by atoms with E-state index in [9.17, 15) is 4.79 Å². The summed E-state index contributed by atoms with van der Waals surface area (Å²) in [6.07, 6.45) is 2.43. The van der Waals surface area contributed by atoms with Gasteiger partial charge >= 0.3 is 0 Å². The van der Waals surface area contributed by atoms with Crippen molar-refractivity contribution in [1.82, 2.24) is 14.8 Å². The number of para-hydroxylation sites is 1. The number of anilines is 1. The molecule has 0 unspecified atom stereocenters. The SMILES string of the molecule is CCc1cccc(CC)c1NC(=O)CSc1nnc(Cc2ccc(Cl)cc2)n1C. The number of benzene rings is 2. The summed E-state index contributed by atoms with van der Waals surface area (Å²) in [7, 11) is 1.92. The first-order valence-corrected chi connectivity index (χ1v) is 11.0. The van der Waals surface area contributed by atoms with Crippen molar-refractivity contribution in [2.45, 2.75) is 38.3 Å². The number of thioether (sulfide) groups is 1. The minimum atomic E-state index is -0.0344. The normalized spacial score (nSPS) is 10.9. The third-order valence-corrected chi connectivity index (χ3v) is 6.07. The Kier molecular flexibility index (Phi) is 7.34. The van der Waals surface area contributed by atoms with Gasteiger partial charge in [0.15, 0.2) is 5.16 Å². The molecular weight excluding hydrogens is 404 g/mol. The average molecular weight is 429 g/mol. The summed E-state index contributed by atoms with van der Waals surface area (Å²) in [5.74, 6) is 1.10. The summed E-state index contributed by atoms with van der Waals surface area (Å²) in [5.41, 5.74) is 4.38. The molecule has 1 aromatic heterocycles. The minimum Gasteiger partial charge on any atom is -0.325 e. The van der Waals surface area contributed by atoms with Crippen LogP contribution < -0.4 is 5.32 Å². The maximum absolute atomic E-state index is 12.6. The van der Waals surface area contributed by atoms with E-state index in [2.05, 4.69) is 41.5 Å². The minimum absolute atomic E-state index is 0.0344. The lowest BCUT2D eigenvalue weighted by Gasteiger charge is -2.14. The van der Waals surface area contributed by atoms with E-state index in [1.54, 1.807) is 0 Å². The molecule has 0 aliphatic carbocycles. The molecular formula is C22H25ClN4OS. The molecule has 0 saturated heterocycles. The van der Waals surface area contributed by atoms with E-state index in [0.29, 0.717) is 11.4 Å². The highest BCUT2D eigenvalue weighted by Crippen LogP contribution is 2.24. The molecule has 0 atom stereocenters. The summed E-state index contributed by atoms with van der Waals surface area (Å²) in [5, 5.41) is 13.1. The Morgan fingerprint density at radius 1 is 1.07 bits per heavy atom. The van der Waals surface area contributed by atoms with Crippen molar-refractivity contribution < 1.29 is 4.79 Å². The molecule has 152 valence electrons. The second kappa shape index (κ2) is 9.94. The second-order valence-corrected chi connectivity index (χ2v) is 8.14. The Bertz CT molecular complexity index is 963. The first-order chi connectivity index (χ1) is 14.0. The second-order valence-electron chi connectivity index (χ2n) is 6.76. The average Bonchev–Trinajstić information content (AvgIpc) is 3.07. The monoisotopic (exact) mass is 428 g/mol. The fourth-order valence-electron chi connectivity index (χ4n) is 3.12. The number of carbonyl (C=O) groups is 1. The molecule has 0 aliphatic heterocycles. The van der Waals surface area contributed by atoms with Crippen LogP contribution in [0, 0.1) is 0 Å². The first-order valence-electron chi connectivity index (χ1n) is 9.67. The number of rotatable bonds is 8. The Balaban J connectivity index is 1.63. The molecule has 0 radical (unpaired) electrons. The molecule has 3 rings (SSSR count). The maximum atomic E-state index is 12.6. The van der Waals surface area contributed by atoms with Gasteiger partial charge in [-0.25, -0.2) is 0 Å². The van der Waals surface area contributed by atoms with Crippen LogP contribution in [0.1, 0.15) is 36.4 Å². The standard InChI is InChI=1S/C22H25ClN4OS/c1-4-16-7-6-8-17(5-2)21(16)24-20(28)14-29-22-26-25-19(27(22)3)13-15-9-11-18(23)12-10-15/h6-12H,4-5,13-14H2,1-3H3,(H,24,28). The predicted octanol–water partition coefficient (Wildman–Crippen LogP) is 4.91. The molecule has 0 aliphatic rings. The van der Waals surface area contributed by atoms with Crippen LogP contribution in [0.3, 0.4) is 0 Å². The van der Waals surface area contributed by atoms with Crippen molar-refractivity contribution in [3.8, 4) is 0 Å². The molecule has 0 bridgehead atoms. The summed E-state index contributed by atoms with van der Waals surface area (Å²) in [6.45, 7) is 4.20. The van der Waals surface area contributed by atoms with E-state index in [-0.39, 0.29) is 11.7 Å². The summed E-state index contributed by atoms with van der Waals surface area (Å²) >= 11 is 7.33. The van der Waals surface area contributed by atoms with E-state index < -0.39 is 0 Å². The number of carbonyl (C=O) groups excluding carboxylic acids is 1. The van der Waals surface area contributed by atoms with Crippen LogP contribution in [0.2, 0.25) is 5.02 Å². The summed E-state index contributed by atoms with van der Waals surface area (Å²) < 4.78 is 1.93. The van der Waals surface area contributed by atoms with Crippen molar-refractivity contribution >= 4 is 35.0 Å². The number of hydrogen-bond acceptors (Lipinski definition) is 4. The fraction of sp³-hybridized carbons (Fsp3) is 0.318. The molecule has 0 saturated carbocycles.